The van der Waals surface area contributed by atoms with Crippen molar-refractivity contribution in [3.05, 3.63) is 29.8 Å². The Morgan fingerprint density at radius 2 is 1.90 bits per heavy atom. The van der Waals surface area contributed by atoms with Gasteiger partial charge in [0.1, 0.15) is 11.8 Å². The molecule has 1 aromatic rings. The fraction of sp³-hybridized carbons (Fsp3) is 0.308. The van der Waals surface area contributed by atoms with Gasteiger partial charge in [0.25, 0.3) is 5.91 Å². The molecule has 7 heteroatoms. The van der Waals surface area contributed by atoms with Crippen LogP contribution in [0.4, 0.5) is 0 Å². The van der Waals surface area contributed by atoms with Crippen LogP contribution in [0.25, 0.3) is 0 Å². The molecule has 0 bridgehead atoms. The van der Waals surface area contributed by atoms with E-state index in [1.54, 1.807) is 12.1 Å². The maximum Gasteiger partial charge on any atom is 0.326 e. The lowest BCUT2D eigenvalue weighted by Crippen LogP contribution is -2.41. The molecule has 1 atom stereocenters. The second-order valence-corrected chi connectivity index (χ2v) is 4.10. The largest absolute Gasteiger partial charge is 0.497 e. The van der Waals surface area contributed by atoms with Gasteiger partial charge in [-0.15, -0.1) is 0 Å². The van der Waals surface area contributed by atoms with E-state index in [0.29, 0.717) is 11.3 Å². The smallest absolute Gasteiger partial charge is 0.326 e. The monoisotopic (exact) mass is 280 g/mol. The number of nitrogens with one attached hydrogen (secondary N) is 1. The number of nitrogens with two attached hydrogens (primary N) is 1. The number of rotatable bonds is 7. The third-order valence-electron chi connectivity index (χ3n) is 2.64. The molecule has 0 aliphatic heterocycles. The van der Waals surface area contributed by atoms with Gasteiger partial charge in [0, 0.05) is 12.0 Å². The van der Waals surface area contributed by atoms with Crippen LogP contribution in [0, 0.1) is 0 Å². The van der Waals surface area contributed by atoms with E-state index in [1.807, 2.05) is 0 Å². The highest BCUT2D eigenvalue weighted by atomic mass is 16.5. The van der Waals surface area contributed by atoms with E-state index < -0.39 is 23.8 Å². The summed E-state index contributed by atoms with van der Waals surface area (Å²) in [5.41, 5.74) is 5.26. The molecule has 0 saturated heterocycles. The predicted octanol–water partition coefficient (Wildman–Crippen LogP) is 0.144. The van der Waals surface area contributed by atoms with Crippen molar-refractivity contribution >= 4 is 17.8 Å². The summed E-state index contributed by atoms with van der Waals surface area (Å²) in [5, 5.41) is 11.3. The quantitative estimate of drug-likeness (QED) is 0.656. The summed E-state index contributed by atoms with van der Waals surface area (Å²) in [5.74, 6) is -1.78. The summed E-state index contributed by atoms with van der Waals surface area (Å²) in [6.07, 6.45) is -0.160. The Bertz CT molecular complexity index is 498. The van der Waals surface area contributed by atoms with Gasteiger partial charge in [-0.2, -0.15) is 0 Å². The molecule has 0 saturated carbocycles. The number of benzene rings is 1. The predicted molar refractivity (Wildman–Crippen MR) is 70.3 cm³/mol. The first-order valence-corrected chi connectivity index (χ1v) is 5.90. The van der Waals surface area contributed by atoms with Gasteiger partial charge in [-0.3, -0.25) is 9.59 Å². The Balaban J connectivity index is 2.69. The maximum atomic E-state index is 11.9. The maximum absolute atomic E-state index is 11.9. The number of amides is 2. The molecular formula is C13H16N2O5. The van der Waals surface area contributed by atoms with E-state index in [9.17, 15) is 14.4 Å². The Hall–Kier alpha value is -2.57. The van der Waals surface area contributed by atoms with Gasteiger partial charge >= 0.3 is 5.97 Å². The summed E-state index contributed by atoms with van der Waals surface area (Å²) < 4.78 is 4.96. The van der Waals surface area contributed by atoms with Crippen LogP contribution in [0.15, 0.2) is 24.3 Å². The number of carboxylic acids is 1. The topological polar surface area (TPSA) is 119 Å². The van der Waals surface area contributed by atoms with Crippen LogP contribution >= 0.6 is 0 Å². The van der Waals surface area contributed by atoms with E-state index in [1.165, 1.54) is 19.2 Å². The summed E-state index contributed by atoms with van der Waals surface area (Å²) in [7, 11) is 1.50. The average Bonchev–Trinajstić information content (AvgIpc) is 2.42. The van der Waals surface area contributed by atoms with Gasteiger partial charge in [-0.05, 0) is 30.7 Å². The van der Waals surface area contributed by atoms with Crippen LogP contribution in [0.2, 0.25) is 0 Å². The van der Waals surface area contributed by atoms with Gasteiger partial charge in [0.05, 0.1) is 7.11 Å². The molecule has 0 aromatic heterocycles. The zero-order valence-corrected chi connectivity index (χ0v) is 11.0. The molecule has 0 fully saturated rings. The zero-order chi connectivity index (χ0) is 15.1. The SMILES string of the molecule is COc1ccc(C(=O)N[C@@H](CCC(N)=O)C(=O)O)cc1. The Labute approximate surface area is 115 Å². The summed E-state index contributed by atoms with van der Waals surface area (Å²) in [6, 6.07) is 5.06. The molecule has 1 rings (SSSR count). The number of carbonyl (C=O) groups is 3. The Kier molecular flexibility index (Phi) is 5.52. The molecule has 20 heavy (non-hydrogen) atoms. The normalized spacial score (nSPS) is 11.4. The van der Waals surface area contributed by atoms with Crippen molar-refractivity contribution in [1.29, 1.82) is 0 Å². The van der Waals surface area contributed by atoms with Gasteiger partial charge < -0.3 is 20.9 Å². The van der Waals surface area contributed by atoms with Crippen LogP contribution in [0.1, 0.15) is 23.2 Å². The third kappa shape index (κ3) is 4.60. The number of methoxy groups -OCH3 is 1. The highest BCUT2D eigenvalue weighted by Gasteiger charge is 2.21. The van der Waals surface area contributed by atoms with Crippen molar-refractivity contribution in [1.82, 2.24) is 5.32 Å². The molecule has 0 radical (unpaired) electrons. The van der Waals surface area contributed by atoms with E-state index in [-0.39, 0.29) is 12.8 Å². The highest BCUT2D eigenvalue weighted by molar-refractivity contribution is 5.96. The molecule has 0 aliphatic carbocycles. The lowest BCUT2D eigenvalue weighted by Gasteiger charge is -2.13. The molecule has 0 spiro atoms. The van der Waals surface area contributed by atoms with Crippen molar-refractivity contribution in [3.8, 4) is 5.75 Å². The van der Waals surface area contributed by atoms with Crippen molar-refractivity contribution < 1.29 is 24.2 Å². The van der Waals surface area contributed by atoms with Crippen LogP contribution in [0.3, 0.4) is 0 Å². The minimum absolute atomic E-state index is 0.0490. The second-order valence-electron chi connectivity index (χ2n) is 4.10. The number of carboxylic acid groups (broad SMARTS) is 1. The fourth-order valence-corrected chi connectivity index (χ4v) is 1.53. The molecule has 0 aliphatic rings. The lowest BCUT2D eigenvalue weighted by atomic mass is 10.1. The number of primary amides is 1. The van der Waals surface area contributed by atoms with Gasteiger partial charge in [-0.1, -0.05) is 0 Å². The minimum Gasteiger partial charge on any atom is -0.497 e. The summed E-state index contributed by atoms with van der Waals surface area (Å²) in [6.45, 7) is 0. The number of ether oxygens (including phenoxy) is 1. The molecule has 7 nitrogen and oxygen atoms in total. The van der Waals surface area contributed by atoms with E-state index in [2.05, 4.69) is 5.32 Å². The number of carbonyl (C=O) groups excluding carboxylic acids is 2. The lowest BCUT2D eigenvalue weighted by molar-refractivity contribution is -0.139. The Morgan fingerprint density at radius 3 is 2.35 bits per heavy atom. The van der Waals surface area contributed by atoms with Gasteiger partial charge in [0.15, 0.2) is 0 Å². The van der Waals surface area contributed by atoms with E-state index >= 15 is 0 Å². The van der Waals surface area contributed by atoms with E-state index in [4.69, 9.17) is 15.6 Å². The van der Waals surface area contributed by atoms with Crippen molar-refractivity contribution in [2.75, 3.05) is 7.11 Å². The summed E-state index contributed by atoms with van der Waals surface area (Å²) in [4.78, 5) is 33.5. The fourth-order valence-electron chi connectivity index (χ4n) is 1.53. The second kappa shape index (κ2) is 7.13. The van der Waals surface area contributed by atoms with Crippen molar-refractivity contribution in [2.45, 2.75) is 18.9 Å². The average molecular weight is 280 g/mol. The first kappa shape index (κ1) is 15.5. The minimum atomic E-state index is -1.21. The highest BCUT2D eigenvalue weighted by Crippen LogP contribution is 2.11. The van der Waals surface area contributed by atoms with Crippen LogP contribution < -0.4 is 15.8 Å². The number of hydrogen-bond acceptors (Lipinski definition) is 4. The van der Waals surface area contributed by atoms with Crippen LogP contribution in [-0.2, 0) is 9.59 Å². The number of aliphatic carboxylic acids is 1. The first-order chi connectivity index (χ1) is 9.43. The molecule has 1 aromatic carbocycles. The molecule has 108 valence electrons. The zero-order valence-electron chi connectivity index (χ0n) is 11.0. The molecule has 0 unspecified atom stereocenters. The molecule has 2 amide bonds. The standard InChI is InChI=1S/C13H16N2O5/c1-20-9-4-2-8(3-5-9)12(17)15-10(13(18)19)6-7-11(14)16/h2-5,10H,6-7H2,1H3,(H2,14,16)(H,15,17)(H,18,19)/t10-/m0/s1. The van der Waals surface area contributed by atoms with Crippen LogP contribution in [-0.4, -0.2) is 36.0 Å². The van der Waals surface area contributed by atoms with Gasteiger partial charge in [-0.25, -0.2) is 4.79 Å². The van der Waals surface area contributed by atoms with Crippen LogP contribution in [0.5, 0.6) is 5.75 Å². The molecule has 0 heterocycles. The third-order valence-corrected chi connectivity index (χ3v) is 2.64. The molecule has 4 N–H and O–H groups in total. The van der Waals surface area contributed by atoms with Gasteiger partial charge in [0.2, 0.25) is 5.91 Å². The number of hydrogen-bond donors (Lipinski definition) is 3. The molecular weight excluding hydrogens is 264 g/mol. The van der Waals surface area contributed by atoms with Crippen molar-refractivity contribution in [3.63, 3.8) is 0 Å². The van der Waals surface area contributed by atoms with Crippen molar-refractivity contribution in [2.24, 2.45) is 5.73 Å². The summed E-state index contributed by atoms with van der Waals surface area (Å²) >= 11 is 0. The van der Waals surface area contributed by atoms with E-state index in [0.717, 1.165) is 0 Å². The Morgan fingerprint density at radius 1 is 1.30 bits per heavy atom. The first-order valence-electron chi connectivity index (χ1n) is 5.90.